The van der Waals surface area contributed by atoms with Crippen LogP contribution in [0.5, 0.6) is 0 Å². The Morgan fingerprint density at radius 3 is 2.63 bits per heavy atom. The van der Waals surface area contributed by atoms with E-state index in [0.29, 0.717) is 26.1 Å². The zero-order valence-corrected chi connectivity index (χ0v) is 11.2. The average Bonchev–Trinajstić information content (AvgIpc) is 2.40. The predicted molar refractivity (Wildman–Crippen MR) is 72.3 cm³/mol. The Morgan fingerprint density at radius 1 is 1.37 bits per heavy atom. The topological polar surface area (TPSA) is 52.6 Å². The van der Waals surface area contributed by atoms with Gasteiger partial charge in [-0.25, -0.2) is 4.39 Å². The molecule has 0 aliphatic carbocycles. The molecule has 0 bridgehead atoms. The van der Waals surface area contributed by atoms with Crippen molar-refractivity contribution in [1.29, 1.82) is 0 Å². The number of rotatable bonds is 8. The third-order valence-corrected chi connectivity index (χ3v) is 2.88. The molecule has 1 amide bonds. The number of aliphatic hydroxyl groups excluding tert-OH is 1. The summed E-state index contributed by atoms with van der Waals surface area (Å²) in [5.41, 5.74) is 0.990. The zero-order chi connectivity index (χ0) is 14.1. The summed E-state index contributed by atoms with van der Waals surface area (Å²) >= 11 is 0. The number of hydrogen-bond acceptors (Lipinski definition) is 3. The van der Waals surface area contributed by atoms with Gasteiger partial charge in [-0.15, -0.1) is 0 Å². The molecule has 4 nitrogen and oxygen atoms in total. The summed E-state index contributed by atoms with van der Waals surface area (Å²) < 4.78 is 12.7. The fourth-order valence-electron chi connectivity index (χ4n) is 1.75. The van der Waals surface area contributed by atoms with Crippen molar-refractivity contribution in [2.45, 2.75) is 13.3 Å². The van der Waals surface area contributed by atoms with Gasteiger partial charge in [0, 0.05) is 13.1 Å². The van der Waals surface area contributed by atoms with Crippen LogP contribution in [0.1, 0.15) is 12.5 Å². The smallest absolute Gasteiger partial charge is 0.234 e. The Labute approximate surface area is 113 Å². The van der Waals surface area contributed by atoms with Crippen LogP contribution < -0.4 is 5.32 Å². The predicted octanol–water partition coefficient (Wildman–Crippen LogP) is 0.799. The molecule has 0 saturated carbocycles. The van der Waals surface area contributed by atoms with Gasteiger partial charge in [-0.05, 0) is 30.7 Å². The minimum atomic E-state index is -0.254. The third kappa shape index (κ3) is 6.31. The fourth-order valence-corrected chi connectivity index (χ4v) is 1.75. The number of nitrogens with zero attached hydrogens (tertiary/aromatic N) is 1. The minimum absolute atomic E-state index is 0.0523. The van der Waals surface area contributed by atoms with E-state index in [1.54, 1.807) is 12.1 Å². The first-order chi connectivity index (χ1) is 9.15. The quantitative estimate of drug-likeness (QED) is 0.733. The van der Waals surface area contributed by atoms with Crippen molar-refractivity contribution < 1.29 is 14.3 Å². The lowest BCUT2D eigenvalue weighted by Crippen LogP contribution is -2.39. The maximum Gasteiger partial charge on any atom is 0.234 e. The summed E-state index contributed by atoms with van der Waals surface area (Å²) in [6, 6.07) is 6.26. The number of halogens is 1. The first kappa shape index (κ1) is 15.6. The van der Waals surface area contributed by atoms with Crippen LogP contribution in [0.15, 0.2) is 24.3 Å². The number of carbonyl (C=O) groups excluding carboxylic acids is 1. The number of aliphatic hydroxyl groups is 1. The number of benzene rings is 1. The van der Waals surface area contributed by atoms with Crippen molar-refractivity contribution in [3.63, 3.8) is 0 Å². The van der Waals surface area contributed by atoms with E-state index in [-0.39, 0.29) is 18.3 Å². The lowest BCUT2D eigenvalue weighted by molar-refractivity contribution is -0.122. The maximum absolute atomic E-state index is 12.7. The number of nitrogens with one attached hydrogen (secondary N) is 1. The van der Waals surface area contributed by atoms with Gasteiger partial charge in [-0.1, -0.05) is 19.1 Å². The van der Waals surface area contributed by atoms with Crippen LogP contribution in [0, 0.1) is 5.82 Å². The van der Waals surface area contributed by atoms with Crippen molar-refractivity contribution in [3.8, 4) is 0 Å². The standard InChI is InChI=1S/C14H21FN2O2/c1-2-17(9-10-18)11-14(19)16-8-7-12-3-5-13(15)6-4-12/h3-6,18H,2,7-11H2,1H3,(H,16,19). The second-order valence-corrected chi connectivity index (χ2v) is 4.32. The van der Waals surface area contributed by atoms with Crippen LogP contribution in [0.3, 0.4) is 0 Å². The van der Waals surface area contributed by atoms with Crippen LogP contribution in [-0.4, -0.2) is 48.7 Å². The maximum atomic E-state index is 12.7. The molecule has 0 aliphatic rings. The Kier molecular flexibility index (Phi) is 7.07. The monoisotopic (exact) mass is 268 g/mol. The molecule has 1 aromatic rings. The summed E-state index contributed by atoms with van der Waals surface area (Å²) in [5, 5.41) is 11.6. The molecular formula is C14H21FN2O2. The van der Waals surface area contributed by atoms with Gasteiger partial charge in [0.05, 0.1) is 13.2 Å². The minimum Gasteiger partial charge on any atom is -0.395 e. The van der Waals surface area contributed by atoms with Gasteiger partial charge in [0.25, 0.3) is 0 Å². The average molecular weight is 268 g/mol. The summed E-state index contributed by atoms with van der Waals surface area (Å²) in [6.45, 7) is 4.05. The summed E-state index contributed by atoms with van der Waals surface area (Å²) in [7, 11) is 0. The van der Waals surface area contributed by atoms with Crippen LogP contribution in [0.4, 0.5) is 4.39 Å². The molecule has 0 aromatic heterocycles. The van der Waals surface area contributed by atoms with E-state index in [0.717, 1.165) is 12.1 Å². The van der Waals surface area contributed by atoms with Crippen LogP contribution in [0.2, 0.25) is 0 Å². The van der Waals surface area contributed by atoms with Crippen molar-refractivity contribution in [3.05, 3.63) is 35.6 Å². The molecule has 2 N–H and O–H groups in total. The van der Waals surface area contributed by atoms with Crippen molar-refractivity contribution in [2.75, 3.05) is 32.8 Å². The highest BCUT2D eigenvalue weighted by Crippen LogP contribution is 2.02. The second kappa shape index (κ2) is 8.61. The Hall–Kier alpha value is -1.46. The Morgan fingerprint density at radius 2 is 2.05 bits per heavy atom. The van der Waals surface area contributed by atoms with Gasteiger partial charge in [-0.2, -0.15) is 0 Å². The Bertz CT molecular complexity index is 382. The highest BCUT2D eigenvalue weighted by Gasteiger charge is 2.07. The van der Waals surface area contributed by atoms with E-state index in [4.69, 9.17) is 5.11 Å². The van der Waals surface area contributed by atoms with E-state index >= 15 is 0 Å². The van der Waals surface area contributed by atoms with Crippen LogP contribution in [0.25, 0.3) is 0 Å². The molecular weight excluding hydrogens is 247 g/mol. The van der Waals surface area contributed by atoms with E-state index in [9.17, 15) is 9.18 Å². The molecule has 1 aromatic carbocycles. The zero-order valence-electron chi connectivity index (χ0n) is 11.2. The number of carbonyl (C=O) groups is 1. The van der Waals surface area contributed by atoms with Crippen molar-refractivity contribution in [2.24, 2.45) is 0 Å². The summed E-state index contributed by atoms with van der Waals surface area (Å²) in [6.07, 6.45) is 0.679. The van der Waals surface area contributed by atoms with Gasteiger partial charge in [-0.3, -0.25) is 9.69 Å². The molecule has 19 heavy (non-hydrogen) atoms. The molecule has 106 valence electrons. The van der Waals surface area contributed by atoms with Crippen LogP contribution >= 0.6 is 0 Å². The molecule has 0 heterocycles. The van der Waals surface area contributed by atoms with Crippen LogP contribution in [-0.2, 0) is 11.2 Å². The molecule has 0 spiro atoms. The molecule has 0 saturated heterocycles. The number of likely N-dealkylation sites (N-methyl/N-ethyl adjacent to an activating group) is 1. The van der Waals surface area contributed by atoms with E-state index in [2.05, 4.69) is 5.32 Å². The van der Waals surface area contributed by atoms with E-state index < -0.39 is 0 Å². The first-order valence-electron chi connectivity index (χ1n) is 6.50. The molecule has 0 aliphatic heterocycles. The second-order valence-electron chi connectivity index (χ2n) is 4.32. The van der Waals surface area contributed by atoms with E-state index in [1.165, 1.54) is 12.1 Å². The summed E-state index contributed by atoms with van der Waals surface area (Å²) in [5.74, 6) is -0.312. The lowest BCUT2D eigenvalue weighted by Gasteiger charge is -2.18. The van der Waals surface area contributed by atoms with Gasteiger partial charge in [0.2, 0.25) is 5.91 Å². The van der Waals surface area contributed by atoms with Crippen molar-refractivity contribution in [1.82, 2.24) is 10.2 Å². The van der Waals surface area contributed by atoms with Gasteiger partial charge in [0.15, 0.2) is 0 Å². The third-order valence-electron chi connectivity index (χ3n) is 2.88. The van der Waals surface area contributed by atoms with Gasteiger partial charge >= 0.3 is 0 Å². The molecule has 0 fully saturated rings. The molecule has 1 rings (SSSR count). The SMILES string of the molecule is CCN(CCO)CC(=O)NCCc1ccc(F)cc1. The number of hydrogen-bond donors (Lipinski definition) is 2. The highest BCUT2D eigenvalue weighted by atomic mass is 19.1. The highest BCUT2D eigenvalue weighted by molar-refractivity contribution is 5.77. The van der Waals surface area contributed by atoms with Crippen molar-refractivity contribution >= 4 is 5.91 Å². The number of amides is 1. The Balaban J connectivity index is 2.24. The first-order valence-corrected chi connectivity index (χ1v) is 6.50. The molecule has 5 heteroatoms. The summed E-state index contributed by atoms with van der Waals surface area (Å²) in [4.78, 5) is 13.5. The lowest BCUT2D eigenvalue weighted by atomic mass is 10.1. The largest absolute Gasteiger partial charge is 0.395 e. The van der Waals surface area contributed by atoms with Gasteiger partial charge < -0.3 is 10.4 Å². The molecule has 0 radical (unpaired) electrons. The van der Waals surface area contributed by atoms with E-state index in [1.807, 2.05) is 11.8 Å². The fraction of sp³-hybridized carbons (Fsp3) is 0.500. The van der Waals surface area contributed by atoms with Gasteiger partial charge in [0.1, 0.15) is 5.82 Å². The molecule has 0 atom stereocenters. The normalized spacial score (nSPS) is 10.7. The molecule has 0 unspecified atom stereocenters.